The lowest BCUT2D eigenvalue weighted by atomic mass is 9.99. The van der Waals surface area contributed by atoms with Crippen LogP contribution in [0.5, 0.6) is 0 Å². The van der Waals surface area contributed by atoms with Crippen molar-refractivity contribution in [3.05, 3.63) is 70.5 Å². The topological polar surface area (TPSA) is 59.2 Å². The molecule has 3 aromatic rings. The molecule has 1 fully saturated rings. The second-order valence-electron chi connectivity index (χ2n) is 5.74. The van der Waals surface area contributed by atoms with E-state index in [1.807, 2.05) is 54.6 Å². The van der Waals surface area contributed by atoms with E-state index >= 15 is 0 Å². The molecule has 4 rings (SSSR count). The van der Waals surface area contributed by atoms with Crippen molar-refractivity contribution in [2.24, 2.45) is 0 Å². The number of rotatable bonds is 3. The Morgan fingerprint density at radius 3 is 2.50 bits per heavy atom. The maximum absolute atomic E-state index is 12.4. The van der Waals surface area contributed by atoms with E-state index in [0.29, 0.717) is 30.4 Å². The molecule has 1 amide bonds. The zero-order valence-electron chi connectivity index (χ0n) is 12.7. The molecule has 1 aromatic heterocycles. The van der Waals surface area contributed by atoms with Gasteiger partial charge in [0.2, 0.25) is 11.7 Å². The average Bonchev–Trinajstić information content (AvgIpc) is 3.04. The molecule has 1 aliphatic heterocycles. The number of hydrogen-bond acceptors (Lipinski definition) is 4. The number of amides is 1. The summed E-state index contributed by atoms with van der Waals surface area (Å²) in [6, 6.07) is 17.1. The van der Waals surface area contributed by atoms with Gasteiger partial charge in [0, 0.05) is 28.7 Å². The van der Waals surface area contributed by atoms with E-state index in [4.69, 9.17) is 4.52 Å². The third-order valence-corrected chi connectivity index (χ3v) is 4.61. The molecule has 2 aromatic carbocycles. The first-order valence-corrected chi connectivity index (χ1v) is 8.44. The third-order valence-electron chi connectivity index (χ3n) is 4.08. The summed E-state index contributed by atoms with van der Waals surface area (Å²) in [4.78, 5) is 18.6. The van der Waals surface area contributed by atoms with Gasteiger partial charge in [0.1, 0.15) is 0 Å². The van der Waals surface area contributed by atoms with Crippen LogP contribution in [0.4, 0.5) is 0 Å². The Hall–Kier alpha value is -2.47. The predicted molar refractivity (Wildman–Crippen MR) is 92.5 cm³/mol. The van der Waals surface area contributed by atoms with Crippen molar-refractivity contribution in [3.8, 4) is 11.4 Å². The summed E-state index contributed by atoms with van der Waals surface area (Å²) in [7, 11) is 0. The van der Waals surface area contributed by atoms with Gasteiger partial charge in [0.25, 0.3) is 5.91 Å². The molecular weight excluding hydrogens is 370 g/mol. The molecule has 1 saturated heterocycles. The Balaban J connectivity index is 1.42. The summed E-state index contributed by atoms with van der Waals surface area (Å²) in [5, 5.41) is 4.03. The molecule has 0 saturated carbocycles. The van der Waals surface area contributed by atoms with Gasteiger partial charge in [0.15, 0.2) is 0 Å². The van der Waals surface area contributed by atoms with Crippen molar-refractivity contribution in [1.82, 2.24) is 15.0 Å². The first kappa shape index (κ1) is 15.1. The normalized spacial score (nSPS) is 14.5. The van der Waals surface area contributed by atoms with E-state index in [-0.39, 0.29) is 11.8 Å². The zero-order chi connectivity index (χ0) is 16.5. The Bertz CT molecular complexity index is 855. The van der Waals surface area contributed by atoms with Crippen LogP contribution in [0.15, 0.2) is 63.6 Å². The maximum Gasteiger partial charge on any atom is 0.253 e. The minimum Gasteiger partial charge on any atom is -0.339 e. The molecule has 24 heavy (non-hydrogen) atoms. The first-order chi connectivity index (χ1) is 11.7. The molecule has 0 unspecified atom stereocenters. The van der Waals surface area contributed by atoms with Crippen molar-refractivity contribution in [1.29, 1.82) is 0 Å². The summed E-state index contributed by atoms with van der Waals surface area (Å²) >= 11 is 3.37. The second kappa shape index (κ2) is 6.20. The van der Waals surface area contributed by atoms with E-state index in [2.05, 4.69) is 26.1 Å². The van der Waals surface area contributed by atoms with Crippen LogP contribution in [0.1, 0.15) is 22.2 Å². The number of nitrogens with zero attached hydrogens (tertiary/aromatic N) is 3. The van der Waals surface area contributed by atoms with Gasteiger partial charge in [0.05, 0.1) is 5.92 Å². The van der Waals surface area contributed by atoms with E-state index < -0.39 is 0 Å². The van der Waals surface area contributed by atoms with Crippen LogP contribution >= 0.6 is 15.9 Å². The standard InChI is InChI=1S/C18H14BrN3O2/c19-15-8-6-13(7-9-15)18(23)22-10-14(11-22)17-20-16(21-24-17)12-4-2-1-3-5-12/h1-9,14H,10-11H2. The van der Waals surface area contributed by atoms with Crippen molar-refractivity contribution >= 4 is 21.8 Å². The lowest BCUT2D eigenvalue weighted by molar-refractivity contribution is 0.0569. The summed E-state index contributed by atoms with van der Waals surface area (Å²) in [5.74, 6) is 1.31. The highest BCUT2D eigenvalue weighted by Crippen LogP contribution is 2.29. The summed E-state index contributed by atoms with van der Waals surface area (Å²) in [6.45, 7) is 1.21. The van der Waals surface area contributed by atoms with Crippen molar-refractivity contribution < 1.29 is 9.32 Å². The summed E-state index contributed by atoms with van der Waals surface area (Å²) < 4.78 is 6.33. The fourth-order valence-corrected chi connectivity index (χ4v) is 2.95. The summed E-state index contributed by atoms with van der Waals surface area (Å²) in [5.41, 5.74) is 1.61. The van der Waals surface area contributed by atoms with Gasteiger partial charge in [-0.05, 0) is 24.3 Å². The number of aromatic nitrogens is 2. The molecule has 1 aliphatic rings. The second-order valence-corrected chi connectivity index (χ2v) is 6.65. The van der Waals surface area contributed by atoms with Crippen LogP contribution in [-0.4, -0.2) is 34.0 Å². The van der Waals surface area contributed by atoms with Crippen LogP contribution in [0.2, 0.25) is 0 Å². The Morgan fingerprint density at radius 1 is 1.08 bits per heavy atom. The molecule has 5 nitrogen and oxygen atoms in total. The average molecular weight is 384 g/mol. The molecule has 0 atom stereocenters. The fraction of sp³-hybridized carbons (Fsp3) is 0.167. The van der Waals surface area contributed by atoms with Crippen molar-refractivity contribution in [3.63, 3.8) is 0 Å². The zero-order valence-corrected chi connectivity index (χ0v) is 14.3. The Kier molecular flexibility index (Phi) is 3.90. The number of likely N-dealkylation sites (tertiary alicyclic amines) is 1. The van der Waals surface area contributed by atoms with Crippen LogP contribution < -0.4 is 0 Å². The lowest BCUT2D eigenvalue weighted by Gasteiger charge is -2.37. The van der Waals surface area contributed by atoms with Gasteiger partial charge >= 0.3 is 0 Å². The summed E-state index contributed by atoms with van der Waals surface area (Å²) in [6.07, 6.45) is 0. The minimum absolute atomic E-state index is 0.0292. The van der Waals surface area contributed by atoms with E-state index in [9.17, 15) is 4.79 Å². The first-order valence-electron chi connectivity index (χ1n) is 7.64. The molecule has 6 heteroatoms. The van der Waals surface area contributed by atoms with Gasteiger partial charge in [-0.15, -0.1) is 0 Å². The highest BCUT2D eigenvalue weighted by molar-refractivity contribution is 9.10. The molecule has 0 aliphatic carbocycles. The monoisotopic (exact) mass is 383 g/mol. The Morgan fingerprint density at radius 2 is 1.79 bits per heavy atom. The fourth-order valence-electron chi connectivity index (χ4n) is 2.68. The van der Waals surface area contributed by atoms with Crippen LogP contribution in [-0.2, 0) is 0 Å². The van der Waals surface area contributed by atoms with Crippen LogP contribution in [0.25, 0.3) is 11.4 Å². The molecule has 0 spiro atoms. The molecule has 0 radical (unpaired) electrons. The third kappa shape index (κ3) is 2.85. The highest BCUT2D eigenvalue weighted by Gasteiger charge is 2.36. The van der Waals surface area contributed by atoms with Crippen LogP contribution in [0, 0.1) is 0 Å². The van der Waals surface area contributed by atoms with Crippen molar-refractivity contribution in [2.45, 2.75) is 5.92 Å². The SMILES string of the molecule is O=C(c1ccc(Br)cc1)N1CC(c2nc(-c3ccccc3)no2)C1. The molecule has 0 bridgehead atoms. The smallest absolute Gasteiger partial charge is 0.253 e. The number of halogens is 1. The van der Waals surface area contributed by atoms with E-state index in [1.165, 1.54) is 0 Å². The van der Waals surface area contributed by atoms with Gasteiger partial charge in [-0.2, -0.15) is 4.98 Å². The van der Waals surface area contributed by atoms with Gasteiger partial charge in [-0.1, -0.05) is 51.4 Å². The maximum atomic E-state index is 12.4. The van der Waals surface area contributed by atoms with Crippen molar-refractivity contribution in [2.75, 3.05) is 13.1 Å². The number of hydrogen-bond donors (Lipinski definition) is 0. The Labute approximate surface area is 147 Å². The van der Waals surface area contributed by atoms with Gasteiger partial charge in [-0.25, -0.2) is 0 Å². The molecular formula is C18H14BrN3O2. The van der Waals surface area contributed by atoms with E-state index in [0.717, 1.165) is 10.0 Å². The highest BCUT2D eigenvalue weighted by atomic mass is 79.9. The number of carbonyl (C=O) groups excluding carboxylic acids is 1. The number of carbonyl (C=O) groups is 1. The molecule has 120 valence electrons. The molecule has 2 heterocycles. The largest absolute Gasteiger partial charge is 0.339 e. The lowest BCUT2D eigenvalue weighted by Crippen LogP contribution is -2.48. The number of benzene rings is 2. The molecule has 0 N–H and O–H groups in total. The minimum atomic E-state index is 0.0292. The van der Waals surface area contributed by atoms with Gasteiger partial charge < -0.3 is 9.42 Å². The van der Waals surface area contributed by atoms with Gasteiger partial charge in [-0.3, -0.25) is 4.79 Å². The predicted octanol–water partition coefficient (Wildman–Crippen LogP) is 3.74. The van der Waals surface area contributed by atoms with E-state index in [1.54, 1.807) is 4.90 Å². The quantitative estimate of drug-likeness (QED) is 0.691. The van der Waals surface area contributed by atoms with Crippen LogP contribution in [0.3, 0.4) is 0 Å².